The van der Waals surface area contributed by atoms with Gasteiger partial charge in [-0.25, -0.2) is 4.39 Å². The van der Waals surface area contributed by atoms with E-state index in [4.69, 9.17) is 0 Å². The van der Waals surface area contributed by atoms with Crippen molar-refractivity contribution in [2.45, 2.75) is 19.1 Å². The van der Waals surface area contributed by atoms with Crippen LogP contribution >= 0.6 is 0 Å². The van der Waals surface area contributed by atoms with Gasteiger partial charge < -0.3 is 15.4 Å². The number of aromatic nitrogens is 1. The summed E-state index contributed by atoms with van der Waals surface area (Å²) in [4.78, 5) is 27.5. The molecule has 128 valence electrons. The molecule has 2 N–H and O–H groups in total. The highest BCUT2D eigenvalue weighted by Crippen LogP contribution is 2.25. The largest absolute Gasteiger partial charge is 0.432 e. The second-order valence-electron chi connectivity index (χ2n) is 5.18. The molecule has 1 aliphatic rings. The number of halogens is 3. The second-order valence-corrected chi connectivity index (χ2v) is 5.18. The molecule has 2 heterocycles. The smallest absolute Gasteiger partial charge is 0.387 e. The average molecular weight is 341 g/mol. The van der Waals surface area contributed by atoms with Gasteiger partial charge in [0.1, 0.15) is 6.04 Å². The number of amides is 2. The second kappa shape index (κ2) is 6.34. The van der Waals surface area contributed by atoms with Gasteiger partial charge in [-0.15, -0.1) is 0 Å². The maximum absolute atomic E-state index is 13.8. The first kappa shape index (κ1) is 16.0. The van der Waals surface area contributed by atoms with Gasteiger partial charge in [-0.3, -0.25) is 14.6 Å². The molecule has 1 aromatic carbocycles. The Balaban J connectivity index is 0.00000225. The molecule has 6 nitrogen and oxygen atoms in total. The number of hydrogen-bond donors (Lipinski definition) is 2. The van der Waals surface area contributed by atoms with Crippen molar-refractivity contribution in [1.29, 1.82) is 0 Å². The van der Waals surface area contributed by atoms with E-state index in [1.165, 1.54) is 12.3 Å². The third kappa shape index (κ3) is 3.24. The minimum Gasteiger partial charge on any atom is -0.432 e. The first-order valence-corrected chi connectivity index (χ1v) is 7.07. The van der Waals surface area contributed by atoms with Crippen molar-refractivity contribution in [2.75, 3.05) is 6.54 Å². The van der Waals surface area contributed by atoms with Crippen LogP contribution in [0.25, 0.3) is 10.9 Å². The summed E-state index contributed by atoms with van der Waals surface area (Å²) >= 11 is 0. The lowest BCUT2D eigenvalue weighted by Crippen LogP contribution is -2.40. The number of pyridine rings is 1. The third-order valence-electron chi connectivity index (χ3n) is 3.57. The minimum absolute atomic E-state index is 0. The molecule has 1 atom stereocenters. The number of carbonyl (C=O) groups is 2. The summed E-state index contributed by atoms with van der Waals surface area (Å²) in [5.41, 5.74) is 0.325. The molecule has 1 aliphatic heterocycles. The molecule has 2 aromatic rings. The number of rotatable bonds is 4. The summed E-state index contributed by atoms with van der Waals surface area (Å²) in [6, 6.07) is 2.73. The van der Waals surface area contributed by atoms with E-state index >= 15 is 0 Å². The lowest BCUT2D eigenvalue weighted by atomic mass is 10.1. The molecule has 1 saturated heterocycles. The van der Waals surface area contributed by atoms with Gasteiger partial charge >= 0.3 is 6.61 Å². The van der Waals surface area contributed by atoms with Crippen molar-refractivity contribution >= 4 is 22.7 Å². The van der Waals surface area contributed by atoms with E-state index in [2.05, 4.69) is 20.4 Å². The van der Waals surface area contributed by atoms with Crippen molar-refractivity contribution in [3.05, 3.63) is 35.8 Å². The van der Waals surface area contributed by atoms with Gasteiger partial charge in [0.05, 0.1) is 11.1 Å². The zero-order chi connectivity index (χ0) is 17.3. The monoisotopic (exact) mass is 341 g/mol. The van der Waals surface area contributed by atoms with E-state index in [0.29, 0.717) is 13.0 Å². The zero-order valence-electron chi connectivity index (χ0n) is 12.2. The first-order valence-electron chi connectivity index (χ1n) is 7.07. The van der Waals surface area contributed by atoms with E-state index in [9.17, 15) is 22.8 Å². The van der Waals surface area contributed by atoms with Crippen molar-refractivity contribution < 1.29 is 28.9 Å². The SMILES string of the molecule is O=C(N[C@H]1CCNC1=O)c1cnc2cc(OC(F)F)c(F)cc2c1.[HH]. The summed E-state index contributed by atoms with van der Waals surface area (Å²) in [6.45, 7) is -2.67. The molecule has 1 aromatic heterocycles. The molecule has 0 aliphatic carbocycles. The predicted octanol–water partition coefficient (Wildman–Crippen LogP) is 1.84. The highest BCUT2D eigenvalue weighted by atomic mass is 19.3. The molecule has 0 unspecified atom stereocenters. The normalized spacial score (nSPS) is 17.2. The summed E-state index contributed by atoms with van der Waals surface area (Å²) in [7, 11) is 0. The molecular formula is C15H14F3N3O3. The van der Waals surface area contributed by atoms with Crippen LogP contribution < -0.4 is 15.4 Å². The number of ether oxygens (including phenoxy) is 1. The van der Waals surface area contributed by atoms with Crippen molar-refractivity contribution in [3.8, 4) is 5.75 Å². The van der Waals surface area contributed by atoms with Crippen molar-refractivity contribution in [3.63, 3.8) is 0 Å². The Hall–Kier alpha value is -2.84. The standard InChI is InChI=1S/C15H12F3N3O3.H2/c16-9-4-7-3-8(13(22)21-10-1-2-19-14(10)23)6-20-11(7)5-12(9)24-15(17)18;/h3-6,10,15H,1-2H2,(H,19,23)(H,21,22);1H/t10-;/m0./s1. The van der Waals surface area contributed by atoms with Gasteiger partial charge in [0, 0.05) is 25.6 Å². The Kier molecular flexibility index (Phi) is 4.24. The van der Waals surface area contributed by atoms with E-state index < -0.39 is 30.1 Å². The number of nitrogens with zero attached hydrogens (tertiary/aromatic N) is 1. The Morgan fingerprint density at radius 2 is 2.21 bits per heavy atom. The lowest BCUT2D eigenvalue weighted by molar-refractivity contribution is -0.120. The van der Waals surface area contributed by atoms with Gasteiger partial charge in [0.2, 0.25) is 5.91 Å². The molecule has 1 fully saturated rings. The van der Waals surface area contributed by atoms with Crippen LogP contribution in [0, 0.1) is 5.82 Å². The highest BCUT2D eigenvalue weighted by molar-refractivity contribution is 6.00. The van der Waals surface area contributed by atoms with Crippen LogP contribution in [0.3, 0.4) is 0 Å². The molecule has 24 heavy (non-hydrogen) atoms. The number of carbonyl (C=O) groups excluding carboxylic acids is 2. The lowest BCUT2D eigenvalue weighted by Gasteiger charge is -2.11. The van der Waals surface area contributed by atoms with Crippen LogP contribution in [-0.4, -0.2) is 36.0 Å². The van der Waals surface area contributed by atoms with E-state index in [1.54, 1.807) is 0 Å². The molecule has 0 radical (unpaired) electrons. The van der Waals surface area contributed by atoms with Gasteiger partial charge in [-0.1, -0.05) is 0 Å². The highest BCUT2D eigenvalue weighted by Gasteiger charge is 2.26. The molecular weight excluding hydrogens is 327 g/mol. The van der Waals surface area contributed by atoms with Gasteiger partial charge in [0.15, 0.2) is 11.6 Å². The maximum atomic E-state index is 13.8. The predicted molar refractivity (Wildman–Crippen MR) is 79.3 cm³/mol. The van der Waals surface area contributed by atoms with E-state index in [-0.39, 0.29) is 23.8 Å². The van der Waals surface area contributed by atoms with Crippen LogP contribution in [0.15, 0.2) is 24.4 Å². The van der Waals surface area contributed by atoms with Crippen molar-refractivity contribution in [1.82, 2.24) is 15.6 Å². The molecule has 9 heteroatoms. The van der Waals surface area contributed by atoms with Crippen LogP contribution in [0.1, 0.15) is 18.2 Å². The Morgan fingerprint density at radius 1 is 1.42 bits per heavy atom. The summed E-state index contributed by atoms with van der Waals surface area (Å²) in [6.07, 6.45) is 1.70. The van der Waals surface area contributed by atoms with Crippen LogP contribution in [0.5, 0.6) is 5.75 Å². The van der Waals surface area contributed by atoms with Crippen molar-refractivity contribution in [2.24, 2.45) is 0 Å². The third-order valence-corrected chi connectivity index (χ3v) is 3.57. The molecule has 2 amide bonds. The van der Waals surface area contributed by atoms with Crippen LogP contribution in [-0.2, 0) is 4.79 Å². The van der Waals surface area contributed by atoms with Gasteiger partial charge in [0.25, 0.3) is 5.91 Å². The molecule has 0 spiro atoms. The fourth-order valence-corrected chi connectivity index (χ4v) is 2.41. The van der Waals surface area contributed by atoms with E-state index in [1.807, 2.05) is 0 Å². The quantitative estimate of drug-likeness (QED) is 0.889. The minimum atomic E-state index is -3.15. The Labute approximate surface area is 135 Å². The first-order chi connectivity index (χ1) is 11.4. The molecule has 3 rings (SSSR count). The number of alkyl halides is 2. The maximum Gasteiger partial charge on any atom is 0.387 e. The van der Waals surface area contributed by atoms with Crippen LogP contribution in [0.2, 0.25) is 0 Å². The van der Waals surface area contributed by atoms with Gasteiger partial charge in [-0.05, 0) is 18.6 Å². The summed E-state index contributed by atoms with van der Waals surface area (Å²) in [5.74, 6) is -2.40. The van der Waals surface area contributed by atoms with Gasteiger partial charge in [-0.2, -0.15) is 8.78 Å². The van der Waals surface area contributed by atoms with E-state index in [0.717, 1.165) is 12.1 Å². The number of hydrogen-bond acceptors (Lipinski definition) is 4. The molecule has 0 bridgehead atoms. The topological polar surface area (TPSA) is 80.3 Å². The molecule has 0 saturated carbocycles. The Bertz CT molecular complexity index is 819. The number of benzene rings is 1. The average Bonchev–Trinajstić information content (AvgIpc) is 2.92. The Morgan fingerprint density at radius 3 is 2.88 bits per heavy atom. The zero-order valence-corrected chi connectivity index (χ0v) is 12.2. The number of nitrogens with one attached hydrogen (secondary N) is 2. The summed E-state index contributed by atoms with van der Waals surface area (Å²) < 4.78 is 42.2. The number of fused-ring (bicyclic) bond motifs is 1. The fraction of sp³-hybridized carbons (Fsp3) is 0.267. The summed E-state index contributed by atoms with van der Waals surface area (Å²) in [5, 5.41) is 5.39. The van der Waals surface area contributed by atoms with Crippen LogP contribution in [0.4, 0.5) is 13.2 Å². The fourth-order valence-electron chi connectivity index (χ4n) is 2.41.